The zero-order valence-electron chi connectivity index (χ0n) is 11.9. The van der Waals surface area contributed by atoms with Crippen molar-refractivity contribution in [3.63, 3.8) is 0 Å². The van der Waals surface area contributed by atoms with E-state index >= 15 is 0 Å². The van der Waals surface area contributed by atoms with E-state index in [9.17, 15) is 0 Å². The Morgan fingerprint density at radius 2 is 2.10 bits per heavy atom. The molecule has 1 aliphatic heterocycles. The molecule has 0 spiro atoms. The Labute approximate surface area is 124 Å². The van der Waals surface area contributed by atoms with E-state index in [0.29, 0.717) is 10.4 Å². The summed E-state index contributed by atoms with van der Waals surface area (Å²) in [5.74, 6) is 0. The molecule has 1 saturated heterocycles. The molecule has 104 valence electrons. The van der Waals surface area contributed by atoms with Crippen LogP contribution in [0.25, 0.3) is 10.9 Å². The van der Waals surface area contributed by atoms with Crippen molar-refractivity contribution < 1.29 is 0 Å². The topological polar surface area (TPSA) is 42.1 Å². The Morgan fingerprint density at radius 3 is 2.75 bits per heavy atom. The second kappa shape index (κ2) is 4.70. The van der Waals surface area contributed by atoms with Gasteiger partial charge in [0.2, 0.25) is 0 Å². The Balaban J connectivity index is 2.21. The van der Waals surface area contributed by atoms with Crippen molar-refractivity contribution >= 4 is 33.8 Å². The Morgan fingerprint density at radius 1 is 1.35 bits per heavy atom. The fourth-order valence-corrected chi connectivity index (χ4v) is 3.10. The summed E-state index contributed by atoms with van der Waals surface area (Å²) in [6.07, 6.45) is 2.99. The highest BCUT2D eigenvalue weighted by Crippen LogP contribution is 2.37. The number of anilines is 1. The van der Waals surface area contributed by atoms with E-state index in [1.54, 1.807) is 0 Å². The third kappa shape index (κ3) is 2.24. The minimum absolute atomic E-state index is 0.331. The first-order valence-corrected chi connectivity index (χ1v) is 7.31. The van der Waals surface area contributed by atoms with Gasteiger partial charge < -0.3 is 10.6 Å². The van der Waals surface area contributed by atoms with Crippen molar-refractivity contribution in [2.75, 3.05) is 18.0 Å². The molecule has 1 aromatic carbocycles. The molecule has 1 fully saturated rings. The Hall–Kier alpha value is -1.68. The first-order chi connectivity index (χ1) is 9.48. The van der Waals surface area contributed by atoms with Gasteiger partial charge in [-0.1, -0.05) is 44.3 Å². The van der Waals surface area contributed by atoms with E-state index in [0.717, 1.165) is 35.2 Å². The summed E-state index contributed by atoms with van der Waals surface area (Å²) in [4.78, 5) is 7.30. The van der Waals surface area contributed by atoms with E-state index in [2.05, 4.69) is 29.8 Å². The van der Waals surface area contributed by atoms with Gasteiger partial charge in [0.1, 0.15) is 4.99 Å². The number of nitrogens with zero attached hydrogens (tertiary/aromatic N) is 2. The van der Waals surface area contributed by atoms with Crippen molar-refractivity contribution in [1.29, 1.82) is 0 Å². The largest absolute Gasteiger partial charge is 0.389 e. The van der Waals surface area contributed by atoms with E-state index in [1.165, 1.54) is 6.42 Å². The molecule has 0 atom stereocenters. The molecule has 4 heteroatoms. The minimum atomic E-state index is 0.331. The molecule has 0 saturated carbocycles. The highest BCUT2D eigenvalue weighted by atomic mass is 32.1. The van der Waals surface area contributed by atoms with Crippen LogP contribution in [-0.2, 0) is 0 Å². The quantitative estimate of drug-likeness (QED) is 0.861. The third-order valence-electron chi connectivity index (χ3n) is 4.01. The molecule has 0 amide bonds. The summed E-state index contributed by atoms with van der Waals surface area (Å²) in [5.41, 5.74) is 9.26. The molecule has 1 aromatic heterocycles. The molecule has 3 rings (SSSR count). The smallest absolute Gasteiger partial charge is 0.107 e. The average molecular weight is 285 g/mol. The molecule has 2 aromatic rings. The number of para-hydroxylation sites is 1. The predicted molar refractivity (Wildman–Crippen MR) is 88.2 cm³/mol. The SMILES string of the molecule is CC1(C)CCN(c2c(C(N)=S)cnc3ccccc23)C1. The molecular weight excluding hydrogens is 266 g/mol. The standard InChI is InChI=1S/C16H19N3S/c1-16(2)7-8-19(10-16)14-11-5-3-4-6-13(11)18-9-12(14)15(17)20/h3-6,9H,7-8,10H2,1-2H3,(H2,17,20). The molecule has 3 nitrogen and oxygen atoms in total. The van der Waals surface area contributed by atoms with E-state index in [-0.39, 0.29) is 0 Å². The number of pyridine rings is 1. The zero-order chi connectivity index (χ0) is 14.3. The summed E-state index contributed by atoms with van der Waals surface area (Å²) in [5, 5.41) is 1.13. The van der Waals surface area contributed by atoms with Crippen LogP contribution >= 0.6 is 12.2 Å². The number of fused-ring (bicyclic) bond motifs is 1. The van der Waals surface area contributed by atoms with Crippen LogP contribution in [0, 0.1) is 5.41 Å². The lowest BCUT2D eigenvalue weighted by Crippen LogP contribution is -2.26. The summed E-state index contributed by atoms with van der Waals surface area (Å²) >= 11 is 5.22. The number of benzene rings is 1. The lowest BCUT2D eigenvalue weighted by atomic mass is 9.93. The van der Waals surface area contributed by atoms with Crippen molar-refractivity contribution in [1.82, 2.24) is 4.98 Å². The normalized spacial score (nSPS) is 17.6. The van der Waals surface area contributed by atoms with E-state index < -0.39 is 0 Å². The van der Waals surface area contributed by atoms with Crippen molar-refractivity contribution in [3.05, 3.63) is 36.0 Å². The van der Waals surface area contributed by atoms with Crippen LogP contribution in [-0.4, -0.2) is 23.1 Å². The van der Waals surface area contributed by atoms with Gasteiger partial charge in [-0.3, -0.25) is 4.98 Å². The summed E-state index contributed by atoms with van der Waals surface area (Å²) in [6, 6.07) is 8.18. The number of hydrogen-bond donors (Lipinski definition) is 1. The van der Waals surface area contributed by atoms with Gasteiger partial charge in [-0.05, 0) is 17.9 Å². The number of thiocarbonyl (C=S) groups is 1. The molecule has 0 radical (unpaired) electrons. The maximum absolute atomic E-state index is 5.91. The first kappa shape index (κ1) is 13.3. The fourth-order valence-electron chi connectivity index (χ4n) is 2.95. The van der Waals surface area contributed by atoms with Gasteiger partial charge in [0, 0.05) is 24.7 Å². The van der Waals surface area contributed by atoms with Gasteiger partial charge in [-0.15, -0.1) is 0 Å². The molecular formula is C16H19N3S. The van der Waals surface area contributed by atoms with E-state index in [4.69, 9.17) is 18.0 Å². The molecule has 2 heterocycles. The number of rotatable bonds is 2. The molecule has 1 aliphatic rings. The van der Waals surface area contributed by atoms with Crippen molar-refractivity contribution in [2.24, 2.45) is 11.1 Å². The zero-order valence-corrected chi connectivity index (χ0v) is 12.7. The molecule has 20 heavy (non-hydrogen) atoms. The van der Waals surface area contributed by atoms with Crippen LogP contribution in [0.4, 0.5) is 5.69 Å². The summed E-state index contributed by atoms with van der Waals surface area (Å²) in [6.45, 7) is 6.67. The van der Waals surface area contributed by atoms with Gasteiger partial charge in [0.05, 0.1) is 16.8 Å². The summed E-state index contributed by atoms with van der Waals surface area (Å²) < 4.78 is 0. The van der Waals surface area contributed by atoms with Gasteiger partial charge in [-0.25, -0.2) is 0 Å². The van der Waals surface area contributed by atoms with Crippen molar-refractivity contribution in [3.8, 4) is 0 Å². The number of nitrogens with two attached hydrogens (primary N) is 1. The van der Waals surface area contributed by atoms with Gasteiger partial charge in [-0.2, -0.15) is 0 Å². The maximum atomic E-state index is 5.91. The second-order valence-corrected chi connectivity index (χ2v) is 6.68. The highest BCUT2D eigenvalue weighted by molar-refractivity contribution is 7.80. The van der Waals surface area contributed by atoms with Crippen molar-refractivity contribution in [2.45, 2.75) is 20.3 Å². The van der Waals surface area contributed by atoms with Crippen LogP contribution in [0.5, 0.6) is 0 Å². The van der Waals surface area contributed by atoms with Crippen LogP contribution in [0.15, 0.2) is 30.5 Å². The second-order valence-electron chi connectivity index (χ2n) is 6.24. The van der Waals surface area contributed by atoms with Crippen LogP contribution in [0.1, 0.15) is 25.8 Å². The molecule has 0 bridgehead atoms. The Bertz CT molecular complexity index is 678. The average Bonchev–Trinajstić information content (AvgIpc) is 2.77. The first-order valence-electron chi connectivity index (χ1n) is 6.90. The number of hydrogen-bond acceptors (Lipinski definition) is 3. The van der Waals surface area contributed by atoms with E-state index in [1.807, 2.05) is 24.4 Å². The molecule has 0 unspecified atom stereocenters. The van der Waals surface area contributed by atoms with Crippen LogP contribution < -0.4 is 10.6 Å². The fraction of sp³-hybridized carbons (Fsp3) is 0.375. The minimum Gasteiger partial charge on any atom is -0.389 e. The number of aromatic nitrogens is 1. The summed E-state index contributed by atoms with van der Waals surface area (Å²) in [7, 11) is 0. The van der Waals surface area contributed by atoms with Crippen LogP contribution in [0.2, 0.25) is 0 Å². The van der Waals surface area contributed by atoms with Gasteiger partial charge in [0.25, 0.3) is 0 Å². The maximum Gasteiger partial charge on any atom is 0.107 e. The monoisotopic (exact) mass is 285 g/mol. The Kier molecular flexibility index (Phi) is 3.13. The highest BCUT2D eigenvalue weighted by Gasteiger charge is 2.31. The lowest BCUT2D eigenvalue weighted by Gasteiger charge is -2.25. The van der Waals surface area contributed by atoms with Crippen LogP contribution in [0.3, 0.4) is 0 Å². The molecule has 0 aliphatic carbocycles. The lowest BCUT2D eigenvalue weighted by molar-refractivity contribution is 0.418. The predicted octanol–water partition coefficient (Wildman–Crippen LogP) is 3.11. The van der Waals surface area contributed by atoms with Gasteiger partial charge in [0.15, 0.2) is 0 Å². The molecule has 2 N–H and O–H groups in total. The van der Waals surface area contributed by atoms with Gasteiger partial charge >= 0.3 is 0 Å². The third-order valence-corrected chi connectivity index (χ3v) is 4.23.